The fourth-order valence-electron chi connectivity index (χ4n) is 2.85. The molecule has 0 spiro atoms. The molecule has 0 saturated heterocycles. The van der Waals surface area contributed by atoms with Crippen LogP contribution in [0, 0.1) is 12.8 Å². The monoisotopic (exact) mass is 411 g/mol. The summed E-state index contributed by atoms with van der Waals surface area (Å²) >= 11 is 1.55. The smallest absolute Gasteiger partial charge is 0.236 e. The van der Waals surface area contributed by atoms with E-state index in [0.717, 1.165) is 16.1 Å². The molecular weight excluding hydrogens is 386 g/mol. The molecule has 7 heteroatoms. The van der Waals surface area contributed by atoms with Gasteiger partial charge in [-0.25, -0.2) is 4.98 Å². The van der Waals surface area contributed by atoms with E-state index in [-0.39, 0.29) is 18.2 Å². The lowest BCUT2D eigenvalue weighted by atomic mass is 10.1. The highest BCUT2D eigenvalue weighted by atomic mass is 32.1. The molecule has 0 unspecified atom stereocenters. The molecule has 0 bridgehead atoms. The molecule has 0 aliphatic heterocycles. The van der Waals surface area contributed by atoms with Crippen molar-refractivity contribution in [2.45, 2.75) is 40.2 Å². The van der Waals surface area contributed by atoms with E-state index < -0.39 is 0 Å². The molecule has 0 atom stereocenters. The summed E-state index contributed by atoms with van der Waals surface area (Å²) < 4.78 is 5.68. The molecule has 2 N–H and O–H groups in total. The topological polar surface area (TPSA) is 84.2 Å². The number of thiophene rings is 1. The van der Waals surface area contributed by atoms with Crippen molar-refractivity contribution in [3.8, 4) is 10.8 Å². The first-order valence-corrected chi connectivity index (χ1v) is 10.4. The van der Waals surface area contributed by atoms with Crippen molar-refractivity contribution in [2.75, 3.05) is 5.32 Å². The second-order valence-corrected chi connectivity index (χ2v) is 8.25. The molecule has 0 aliphatic carbocycles. The van der Waals surface area contributed by atoms with Crippen LogP contribution >= 0.6 is 11.3 Å². The number of hydrogen-bond donors (Lipinski definition) is 2. The highest BCUT2D eigenvalue weighted by Gasteiger charge is 2.15. The van der Waals surface area contributed by atoms with E-state index in [0.29, 0.717) is 36.2 Å². The van der Waals surface area contributed by atoms with Gasteiger partial charge >= 0.3 is 0 Å². The molecular formula is C22H25N3O3S. The summed E-state index contributed by atoms with van der Waals surface area (Å²) in [7, 11) is 0. The number of amides is 2. The minimum atomic E-state index is -0.131. The van der Waals surface area contributed by atoms with E-state index in [1.807, 2.05) is 62.5 Å². The average molecular weight is 412 g/mol. The number of rotatable bonds is 8. The highest BCUT2D eigenvalue weighted by Crippen LogP contribution is 2.26. The highest BCUT2D eigenvalue weighted by molar-refractivity contribution is 7.13. The minimum absolute atomic E-state index is 0.00996. The van der Waals surface area contributed by atoms with Gasteiger partial charge in [0.15, 0.2) is 0 Å². The number of aromatic nitrogens is 1. The summed E-state index contributed by atoms with van der Waals surface area (Å²) in [5.74, 6) is 1.36. The quantitative estimate of drug-likeness (QED) is 0.569. The van der Waals surface area contributed by atoms with Crippen LogP contribution in [0.15, 0.2) is 46.2 Å². The Morgan fingerprint density at radius 2 is 2.00 bits per heavy atom. The van der Waals surface area contributed by atoms with Crippen LogP contribution in [0.25, 0.3) is 10.8 Å². The minimum Gasteiger partial charge on any atom is -0.440 e. The maximum atomic E-state index is 12.4. The summed E-state index contributed by atoms with van der Waals surface area (Å²) in [6.45, 7) is 6.20. The molecule has 6 nitrogen and oxygen atoms in total. The van der Waals surface area contributed by atoms with Gasteiger partial charge in [-0.05, 0) is 42.0 Å². The third-order valence-electron chi connectivity index (χ3n) is 4.25. The lowest BCUT2D eigenvalue weighted by molar-refractivity contribution is -0.120. The summed E-state index contributed by atoms with van der Waals surface area (Å²) in [4.78, 5) is 29.7. The van der Waals surface area contributed by atoms with Gasteiger partial charge in [0.1, 0.15) is 5.76 Å². The molecule has 0 fully saturated rings. The maximum absolute atomic E-state index is 12.4. The first kappa shape index (κ1) is 20.8. The molecule has 0 saturated carbocycles. The number of carbonyl (C=O) groups is 2. The van der Waals surface area contributed by atoms with Crippen molar-refractivity contribution in [2.24, 2.45) is 5.92 Å². The van der Waals surface area contributed by atoms with E-state index in [4.69, 9.17) is 4.42 Å². The van der Waals surface area contributed by atoms with Crippen molar-refractivity contribution in [1.82, 2.24) is 10.3 Å². The van der Waals surface area contributed by atoms with Crippen LogP contribution in [0.5, 0.6) is 0 Å². The van der Waals surface area contributed by atoms with E-state index in [1.165, 1.54) is 0 Å². The van der Waals surface area contributed by atoms with E-state index in [1.54, 1.807) is 11.3 Å². The molecule has 3 aromatic rings. The van der Waals surface area contributed by atoms with Gasteiger partial charge in [-0.1, -0.05) is 32.0 Å². The Labute approximate surface area is 174 Å². The molecule has 2 amide bonds. The SMILES string of the molecule is Cc1oc(-c2cccs2)nc1CC(=O)NCc1cccc(NC(=O)CC(C)C)c1. The van der Waals surface area contributed by atoms with Gasteiger partial charge in [-0.15, -0.1) is 11.3 Å². The third kappa shape index (κ3) is 6.02. The predicted octanol–water partition coefficient (Wildman–Crippen LogP) is 4.56. The van der Waals surface area contributed by atoms with Crippen molar-refractivity contribution in [3.63, 3.8) is 0 Å². The second kappa shape index (κ2) is 9.52. The third-order valence-corrected chi connectivity index (χ3v) is 5.10. The van der Waals surface area contributed by atoms with Gasteiger partial charge in [-0.3, -0.25) is 9.59 Å². The largest absolute Gasteiger partial charge is 0.440 e. The van der Waals surface area contributed by atoms with Crippen molar-refractivity contribution >= 4 is 28.8 Å². The van der Waals surface area contributed by atoms with Gasteiger partial charge in [0, 0.05) is 18.7 Å². The van der Waals surface area contributed by atoms with Gasteiger partial charge in [-0.2, -0.15) is 0 Å². The van der Waals surface area contributed by atoms with Gasteiger partial charge in [0.05, 0.1) is 17.0 Å². The Hall–Kier alpha value is -2.93. The number of nitrogens with zero attached hydrogens (tertiary/aromatic N) is 1. The first-order chi connectivity index (χ1) is 13.9. The van der Waals surface area contributed by atoms with Crippen LogP contribution in [0.2, 0.25) is 0 Å². The maximum Gasteiger partial charge on any atom is 0.236 e. The molecule has 0 radical (unpaired) electrons. The fraction of sp³-hybridized carbons (Fsp3) is 0.318. The van der Waals surface area contributed by atoms with Gasteiger partial charge < -0.3 is 15.1 Å². The zero-order valence-electron chi connectivity index (χ0n) is 16.8. The lowest BCUT2D eigenvalue weighted by Crippen LogP contribution is -2.25. The Morgan fingerprint density at radius 1 is 1.17 bits per heavy atom. The van der Waals surface area contributed by atoms with E-state index in [2.05, 4.69) is 15.6 Å². The van der Waals surface area contributed by atoms with Crippen LogP contribution in [0.1, 0.15) is 37.3 Å². The van der Waals surface area contributed by atoms with Crippen molar-refractivity contribution < 1.29 is 14.0 Å². The molecule has 0 aliphatic rings. The Morgan fingerprint density at radius 3 is 2.72 bits per heavy atom. The zero-order chi connectivity index (χ0) is 20.8. The van der Waals surface area contributed by atoms with Crippen molar-refractivity contribution in [3.05, 3.63) is 58.8 Å². The summed E-state index contributed by atoms with van der Waals surface area (Å²) in [5.41, 5.74) is 2.28. The van der Waals surface area contributed by atoms with Crippen LogP contribution < -0.4 is 10.6 Å². The van der Waals surface area contributed by atoms with Crippen LogP contribution in [0.3, 0.4) is 0 Å². The van der Waals surface area contributed by atoms with Gasteiger partial charge in [0.2, 0.25) is 17.7 Å². The normalized spacial score (nSPS) is 10.9. The predicted molar refractivity (Wildman–Crippen MR) is 115 cm³/mol. The number of aryl methyl sites for hydroxylation is 1. The van der Waals surface area contributed by atoms with E-state index >= 15 is 0 Å². The standard InChI is InChI=1S/C22H25N3O3S/c1-14(2)10-21(27)24-17-7-4-6-16(11-17)13-23-20(26)12-18-15(3)28-22(25-18)19-8-5-9-29-19/h4-9,11,14H,10,12-13H2,1-3H3,(H,23,26)(H,24,27). The van der Waals surface area contributed by atoms with Gasteiger partial charge in [0.25, 0.3) is 0 Å². The summed E-state index contributed by atoms with van der Waals surface area (Å²) in [6.07, 6.45) is 0.636. The number of anilines is 1. The zero-order valence-corrected chi connectivity index (χ0v) is 17.6. The summed E-state index contributed by atoms with van der Waals surface area (Å²) in [5, 5.41) is 7.75. The number of nitrogens with one attached hydrogen (secondary N) is 2. The Balaban J connectivity index is 1.55. The first-order valence-electron chi connectivity index (χ1n) is 9.56. The number of carbonyl (C=O) groups excluding carboxylic acids is 2. The summed E-state index contributed by atoms with van der Waals surface area (Å²) in [6, 6.07) is 11.4. The van der Waals surface area contributed by atoms with Crippen LogP contribution in [-0.2, 0) is 22.6 Å². The second-order valence-electron chi connectivity index (χ2n) is 7.30. The molecule has 2 heterocycles. The molecule has 1 aromatic carbocycles. The van der Waals surface area contributed by atoms with Crippen molar-refractivity contribution in [1.29, 1.82) is 0 Å². The fourth-order valence-corrected chi connectivity index (χ4v) is 3.50. The molecule has 29 heavy (non-hydrogen) atoms. The molecule has 152 valence electrons. The number of benzene rings is 1. The lowest BCUT2D eigenvalue weighted by Gasteiger charge is -2.09. The van der Waals surface area contributed by atoms with Crippen LogP contribution in [-0.4, -0.2) is 16.8 Å². The van der Waals surface area contributed by atoms with Crippen LogP contribution in [0.4, 0.5) is 5.69 Å². The number of oxazole rings is 1. The Bertz CT molecular complexity index is 977. The Kier molecular flexibility index (Phi) is 6.82. The van der Waals surface area contributed by atoms with E-state index in [9.17, 15) is 9.59 Å². The average Bonchev–Trinajstić information content (AvgIpc) is 3.30. The number of hydrogen-bond acceptors (Lipinski definition) is 5. The molecule has 3 rings (SSSR count). The molecule has 2 aromatic heterocycles.